The van der Waals surface area contributed by atoms with Crippen LogP contribution in [0.5, 0.6) is 0 Å². The number of nitrogens with two attached hydrogens (primary N) is 3. The van der Waals surface area contributed by atoms with E-state index in [9.17, 15) is 43.2 Å². The molecule has 0 radical (unpaired) electrons. The largest absolute Gasteiger partial charge is 0.480 e. The second kappa shape index (κ2) is 40.5. The summed E-state index contributed by atoms with van der Waals surface area (Å²) in [6.45, 7) is 30.6. The van der Waals surface area contributed by atoms with Crippen molar-refractivity contribution in [3.05, 3.63) is 0 Å². The highest BCUT2D eigenvalue weighted by Crippen LogP contribution is 2.07. The second-order valence-electron chi connectivity index (χ2n) is 15.4. The molecule has 0 unspecified atom stereocenters. The first kappa shape index (κ1) is 66.6. The van der Waals surface area contributed by atoms with Gasteiger partial charge in [0.1, 0.15) is 18.1 Å². The minimum atomic E-state index is -1.21. The number of nitrogens with one attached hydrogen (secondary N) is 3. The lowest BCUT2D eigenvalue weighted by Crippen LogP contribution is -2.49. The second-order valence-corrected chi connectivity index (χ2v) is 15.4. The predicted octanol–water partition coefficient (Wildman–Crippen LogP) is -1.85. The molecule has 3 amide bonds. The number of hydrogen-bond donors (Lipinski definition) is 8. The zero-order valence-electron chi connectivity index (χ0n) is 40.5. The van der Waals surface area contributed by atoms with Crippen LogP contribution in [0.3, 0.4) is 0 Å². The highest BCUT2D eigenvalue weighted by Gasteiger charge is 2.27. The third kappa shape index (κ3) is 37.4. The highest BCUT2D eigenvalue weighted by atomic mass is 16.5. The first-order chi connectivity index (χ1) is 30.8. The van der Waals surface area contributed by atoms with Crippen molar-refractivity contribution in [2.24, 2.45) is 29.0 Å². The summed E-state index contributed by atoms with van der Waals surface area (Å²) in [7, 11) is 0. The van der Waals surface area contributed by atoms with Gasteiger partial charge >= 0.3 is 36.6 Å². The Morgan fingerprint density at radius 3 is 1.11 bits per heavy atom. The molecular formula is C44H79N10O12+3. The summed E-state index contributed by atoms with van der Waals surface area (Å²) in [5.74, 6) is -4.98. The van der Waals surface area contributed by atoms with Gasteiger partial charge in [-0.25, -0.2) is 14.4 Å². The number of aliphatic carboxylic acids is 2. The molecule has 0 saturated carbocycles. The van der Waals surface area contributed by atoms with Gasteiger partial charge in [-0.3, -0.25) is 28.8 Å². The Labute approximate surface area is 389 Å². The molecule has 0 bridgehead atoms. The number of carbonyl (C=O) groups excluding carboxylic acids is 7. The van der Waals surface area contributed by atoms with Crippen molar-refractivity contribution in [1.82, 2.24) is 34.9 Å². The van der Waals surface area contributed by atoms with Crippen molar-refractivity contribution >= 4 is 91.8 Å². The molecule has 0 aliphatic heterocycles. The van der Waals surface area contributed by atoms with Crippen LogP contribution in [0, 0.1) is 11.8 Å². The summed E-state index contributed by atoms with van der Waals surface area (Å²) < 4.78 is 14.8. The molecule has 0 aliphatic carbocycles. The van der Waals surface area contributed by atoms with E-state index in [4.69, 9.17) is 32.2 Å². The molecular weight excluding hydrogens is 861 g/mol. The molecule has 0 heterocycles. The van der Waals surface area contributed by atoms with Crippen molar-refractivity contribution in [1.29, 1.82) is 0 Å². The Kier molecular flexibility index (Phi) is 40.9. The van der Waals surface area contributed by atoms with Crippen LogP contribution in [0.25, 0.3) is 0 Å². The zero-order chi connectivity index (χ0) is 51.9. The summed E-state index contributed by atoms with van der Waals surface area (Å²) >= 11 is 0. The Balaban J connectivity index is -0.000000409. The molecule has 0 aromatic carbocycles. The van der Waals surface area contributed by atoms with Crippen LogP contribution in [0.15, 0.2) is 0 Å². The van der Waals surface area contributed by atoms with E-state index in [1.54, 1.807) is 6.92 Å². The van der Waals surface area contributed by atoms with E-state index in [1.165, 1.54) is 26.6 Å². The monoisotopic (exact) mass is 940 g/mol. The molecule has 22 heteroatoms. The standard InChI is InChI=1S/C15H25N3O4.C13H21N3O4.C10H15N3O4.C6H15N/c1-5-22-15(21)13(7-6-11(19)9-17-4)18-14(20)12(16)8-10(2)3;1-8(2)6-10(14)12(18)16-11(13(19)20)5-4-9(17)7-15-3;1-6(11)9(15)13-8(10(16)17)4-3-7(14)5-12-2;1-4-7(5-2)6-3/h9-10,12-13H,4-8,16H2,1-3H3;7-8,10-11H,3-6,14H2,1-2H3,(H-,16,18,19,20);5-6,8H,2-4,11H2,1H3,(H-,13,15,16,17);4-6H2,1-3H3/p+3/t12-,13-;10-,11-;6-,8-;/m000./s1. The molecule has 0 rings (SSSR count). The lowest BCUT2D eigenvalue weighted by Gasteiger charge is -2.20. The fourth-order valence-electron chi connectivity index (χ4n) is 5.13. The van der Waals surface area contributed by atoms with E-state index >= 15 is 0 Å². The molecule has 0 saturated heterocycles. The van der Waals surface area contributed by atoms with Crippen LogP contribution in [-0.4, -0.2) is 169 Å². The van der Waals surface area contributed by atoms with Crippen LogP contribution in [0.2, 0.25) is 0 Å². The third-order valence-corrected chi connectivity index (χ3v) is 8.74. The van der Waals surface area contributed by atoms with E-state index in [2.05, 4.69) is 75.8 Å². The maximum absolute atomic E-state index is 12.0. The highest BCUT2D eigenvalue weighted by molar-refractivity contribution is 6.28. The fraction of sp³-hybridized carbons (Fsp3) is 0.659. The Morgan fingerprint density at radius 2 is 0.864 bits per heavy atom. The van der Waals surface area contributed by atoms with Gasteiger partial charge in [0.15, 0.2) is 0 Å². The number of amides is 3. The number of Topliss-reactive ketones (excluding diaryl/α,β-unsaturated/α-hetero) is 3. The maximum atomic E-state index is 12.0. The molecule has 0 aromatic heterocycles. The van der Waals surface area contributed by atoms with Crippen LogP contribution >= 0.6 is 0 Å². The van der Waals surface area contributed by atoms with Gasteiger partial charge in [-0.1, -0.05) is 48.5 Å². The molecule has 22 nitrogen and oxygen atoms in total. The van der Waals surface area contributed by atoms with E-state index in [0.717, 1.165) is 18.6 Å². The van der Waals surface area contributed by atoms with Crippen LogP contribution in [-0.2, 0) is 47.9 Å². The first-order valence-electron chi connectivity index (χ1n) is 21.8. The van der Waals surface area contributed by atoms with Gasteiger partial charge in [-0.2, -0.15) is 0 Å². The van der Waals surface area contributed by atoms with Crippen molar-refractivity contribution in [2.45, 2.75) is 150 Å². The number of rotatable bonds is 29. The minimum Gasteiger partial charge on any atom is -0.480 e. The quantitative estimate of drug-likeness (QED) is 0.0232. The van der Waals surface area contributed by atoms with Gasteiger partial charge in [-0.15, -0.1) is 14.0 Å². The van der Waals surface area contributed by atoms with Crippen molar-refractivity contribution in [3.63, 3.8) is 0 Å². The molecule has 66 heavy (non-hydrogen) atoms. The Hall–Kier alpha value is -5.98. The van der Waals surface area contributed by atoms with Crippen LogP contribution < -0.4 is 47.2 Å². The average molecular weight is 940 g/mol. The van der Waals surface area contributed by atoms with Crippen molar-refractivity contribution in [3.8, 4) is 0 Å². The van der Waals surface area contributed by atoms with Gasteiger partial charge in [-0.05, 0) is 77.4 Å². The van der Waals surface area contributed by atoms with Crippen LogP contribution in [0.4, 0.5) is 0 Å². The van der Waals surface area contributed by atoms with E-state index in [0.29, 0.717) is 12.8 Å². The number of nitrogens with zero attached hydrogens (tertiary/aromatic N) is 4. The number of carboxylic acids is 2. The average Bonchev–Trinajstić information content (AvgIpc) is 3.23. The van der Waals surface area contributed by atoms with E-state index in [1.807, 2.05) is 27.7 Å². The Bertz CT molecular complexity index is 1680. The summed E-state index contributed by atoms with van der Waals surface area (Å²) in [6.07, 6.45) is 4.17. The summed E-state index contributed by atoms with van der Waals surface area (Å²) in [5, 5.41) is 25.0. The number of esters is 1. The van der Waals surface area contributed by atoms with Gasteiger partial charge in [0, 0.05) is 19.3 Å². The lowest BCUT2D eigenvalue weighted by atomic mass is 10.0. The summed E-state index contributed by atoms with van der Waals surface area (Å²) in [4.78, 5) is 105. The molecule has 6 atom stereocenters. The SMILES string of the molecule is C=[N+]=CC(=O)CC[C@H](NC(=O)[C@@H](N)CC(C)C)C(=O)O.C=[N+]=CC(=O)CC[C@H](NC(=O)[C@@H](N)CC(C)C)C(=O)OCC.C=[N+]=CC(=O)CC[C@H](NC(=O)[C@H](C)N)C(=O)O.CCN(CC)CC. The summed E-state index contributed by atoms with van der Waals surface area (Å²) in [5.41, 5.74) is 16.7. The van der Waals surface area contributed by atoms with Gasteiger partial charge in [0.2, 0.25) is 35.1 Å². The molecule has 374 valence electrons. The molecule has 0 spiro atoms. The molecule has 0 aliphatic rings. The molecule has 11 N–H and O–H groups in total. The fourth-order valence-corrected chi connectivity index (χ4v) is 5.13. The normalized spacial score (nSPS) is 12.8. The number of carbonyl (C=O) groups is 9. The lowest BCUT2D eigenvalue weighted by molar-refractivity contribution is -0.148. The van der Waals surface area contributed by atoms with Gasteiger partial charge in [0.25, 0.3) is 20.2 Å². The topological polar surface area (TPSA) is 363 Å². The van der Waals surface area contributed by atoms with Gasteiger partial charge in [0.05, 0.1) is 24.7 Å². The number of ether oxygens (including phenoxy) is 1. The predicted molar refractivity (Wildman–Crippen MR) is 258 cm³/mol. The molecule has 0 aromatic rings. The molecule has 0 fully saturated rings. The van der Waals surface area contributed by atoms with Crippen molar-refractivity contribution < 1.29 is 58.1 Å². The number of hydrogen-bond acceptors (Lipinski definition) is 14. The number of ketones is 3. The third-order valence-electron chi connectivity index (χ3n) is 8.74. The van der Waals surface area contributed by atoms with Crippen molar-refractivity contribution in [2.75, 3.05) is 26.2 Å². The van der Waals surface area contributed by atoms with E-state index < -0.39 is 71.9 Å². The van der Waals surface area contributed by atoms with Gasteiger partial charge < -0.3 is 53.0 Å². The minimum absolute atomic E-state index is 0.0136. The Morgan fingerprint density at radius 1 is 0.561 bits per heavy atom. The van der Waals surface area contributed by atoms with E-state index in [-0.39, 0.29) is 74.3 Å². The number of carboxylic acid groups (broad SMARTS) is 2. The first-order valence-corrected chi connectivity index (χ1v) is 21.8. The smallest absolute Gasteiger partial charge is 0.334 e. The summed E-state index contributed by atoms with van der Waals surface area (Å²) in [6, 6.07) is -5.41. The maximum Gasteiger partial charge on any atom is 0.334 e. The zero-order valence-corrected chi connectivity index (χ0v) is 40.5. The van der Waals surface area contributed by atoms with Crippen LogP contribution in [0.1, 0.15) is 114 Å².